The van der Waals surface area contributed by atoms with Crippen LogP contribution in [0.1, 0.15) is 16.7 Å². The summed E-state index contributed by atoms with van der Waals surface area (Å²) in [7, 11) is 0. The number of nitrogens with zero attached hydrogens (tertiary/aromatic N) is 1. The molecule has 0 aromatic heterocycles. The molecule has 0 spiro atoms. The Kier molecular flexibility index (Phi) is 2.39. The maximum absolute atomic E-state index is 9.34. The summed E-state index contributed by atoms with van der Waals surface area (Å²) in [6.07, 6.45) is 0. The summed E-state index contributed by atoms with van der Waals surface area (Å²) in [5.41, 5.74) is 2.21. The molecule has 0 aliphatic rings. The predicted molar refractivity (Wildman–Crippen MR) is 50.0 cm³/mol. The normalized spacial score (nSPS) is 9.50. The van der Waals surface area contributed by atoms with Crippen molar-refractivity contribution in [3.8, 4) is 11.8 Å². The van der Waals surface area contributed by atoms with Crippen LogP contribution in [-0.2, 0) is 0 Å². The molecule has 1 aromatic rings. The molecule has 1 aromatic carbocycles. The highest BCUT2D eigenvalue weighted by molar-refractivity contribution is 9.10. The molecular weight excluding hydrogens is 218 g/mol. The van der Waals surface area contributed by atoms with E-state index in [1.807, 2.05) is 0 Å². The summed E-state index contributed by atoms with van der Waals surface area (Å²) in [4.78, 5) is 0. The van der Waals surface area contributed by atoms with Crippen LogP contribution in [0.15, 0.2) is 10.5 Å². The summed E-state index contributed by atoms with van der Waals surface area (Å²) in [6, 6.07) is 3.67. The number of hydrogen-bond acceptors (Lipinski definition) is 2. The van der Waals surface area contributed by atoms with Gasteiger partial charge in [0.15, 0.2) is 0 Å². The van der Waals surface area contributed by atoms with Gasteiger partial charge in [-0.2, -0.15) is 5.26 Å². The first-order valence-electron chi connectivity index (χ1n) is 3.46. The van der Waals surface area contributed by atoms with Crippen LogP contribution in [-0.4, -0.2) is 5.11 Å². The molecule has 0 saturated heterocycles. The van der Waals surface area contributed by atoms with E-state index in [9.17, 15) is 5.11 Å². The molecule has 12 heavy (non-hydrogen) atoms. The summed E-state index contributed by atoms with van der Waals surface area (Å²) >= 11 is 3.20. The van der Waals surface area contributed by atoms with Crippen LogP contribution in [0.25, 0.3) is 0 Å². The van der Waals surface area contributed by atoms with Crippen molar-refractivity contribution in [3.63, 3.8) is 0 Å². The average molecular weight is 226 g/mol. The van der Waals surface area contributed by atoms with Crippen molar-refractivity contribution in [2.24, 2.45) is 0 Å². The number of phenols is 1. The molecule has 0 aliphatic carbocycles. The molecule has 0 saturated carbocycles. The molecule has 0 heterocycles. The molecule has 0 unspecified atom stereocenters. The van der Waals surface area contributed by atoms with Gasteiger partial charge in [-0.3, -0.25) is 0 Å². The quantitative estimate of drug-likeness (QED) is 0.738. The minimum absolute atomic E-state index is 0.184. The lowest BCUT2D eigenvalue weighted by Gasteiger charge is -2.06. The molecule has 3 heteroatoms. The summed E-state index contributed by atoms with van der Waals surface area (Å²) in [5, 5.41) is 18.1. The minimum Gasteiger partial charge on any atom is -0.507 e. The third kappa shape index (κ3) is 1.30. The van der Waals surface area contributed by atoms with Crippen molar-refractivity contribution in [1.82, 2.24) is 0 Å². The SMILES string of the molecule is Cc1cc(O)c(Br)c(C)c1C#N. The van der Waals surface area contributed by atoms with Gasteiger partial charge in [0.25, 0.3) is 0 Å². The lowest BCUT2D eigenvalue weighted by molar-refractivity contribution is 0.471. The molecule has 0 bridgehead atoms. The van der Waals surface area contributed by atoms with Gasteiger partial charge in [0.05, 0.1) is 16.1 Å². The number of aromatic hydroxyl groups is 1. The highest BCUT2D eigenvalue weighted by atomic mass is 79.9. The van der Waals surface area contributed by atoms with Gasteiger partial charge in [0.1, 0.15) is 5.75 Å². The van der Waals surface area contributed by atoms with E-state index >= 15 is 0 Å². The molecule has 0 atom stereocenters. The lowest BCUT2D eigenvalue weighted by Crippen LogP contribution is -1.89. The van der Waals surface area contributed by atoms with E-state index in [4.69, 9.17) is 5.26 Å². The largest absolute Gasteiger partial charge is 0.507 e. The third-order valence-corrected chi connectivity index (χ3v) is 2.79. The number of phenolic OH excluding ortho intramolecular Hbond substituents is 1. The second-order valence-corrected chi connectivity index (χ2v) is 3.43. The highest BCUT2D eigenvalue weighted by Gasteiger charge is 2.09. The fourth-order valence-corrected chi connectivity index (χ4v) is 1.42. The molecule has 0 fully saturated rings. The predicted octanol–water partition coefficient (Wildman–Crippen LogP) is 2.64. The second-order valence-electron chi connectivity index (χ2n) is 2.64. The van der Waals surface area contributed by atoms with E-state index in [1.165, 1.54) is 0 Å². The van der Waals surface area contributed by atoms with Crippen LogP contribution in [0, 0.1) is 25.2 Å². The van der Waals surface area contributed by atoms with Crippen LogP contribution in [0.4, 0.5) is 0 Å². The van der Waals surface area contributed by atoms with Gasteiger partial charge in [-0.15, -0.1) is 0 Å². The van der Waals surface area contributed by atoms with E-state index in [2.05, 4.69) is 22.0 Å². The van der Waals surface area contributed by atoms with Gasteiger partial charge in [-0.25, -0.2) is 0 Å². The fraction of sp³-hybridized carbons (Fsp3) is 0.222. The van der Waals surface area contributed by atoms with Crippen LogP contribution >= 0.6 is 15.9 Å². The number of nitriles is 1. The maximum Gasteiger partial charge on any atom is 0.130 e. The van der Waals surface area contributed by atoms with Gasteiger partial charge < -0.3 is 5.11 Å². The molecular formula is C9H8BrNO. The maximum atomic E-state index is 9.34. The van der Waals surface area contributed by atoms with Crippen LogP contribution in [0.5, 0.6) is 5.75 Å². The minimum atomic E-state index is 0.184. The Morgan fingerprint density at radius 2 is 2.08 bits per heavy atom. The van der Waals surface area contributed by atoms with Crippen molar-refractivity contribution in [1.29, 1.82) is 5.26 Å². The Morgan fingerprint density at radius 1 is 1.50 bits per heavy atom. The Morgan fingerprint density at radius 3 is 2.58 bits per heavy atom. The van der Waals surface area contributed by atoms with Crippen molar-refractivity contribution in [3.05, 3.63) is 27.2 Å². The zero-order chi connectivity index (χ0) is 9.30. The van der Waals surface area contributed by atoms with Gasteiger partial charge >= 0.3 is 0 Å². The Bertz CT molecular complexity index is 366. The van der Waals surface area contributed by atoms with Crippen molar-refractivity contribution in [2.75, 3.05) is 0 Å². The van der Waals surface area contributed by atoms with Crippen LogP contribution < -0.4 is 0 Å². The van der Waals surface area contributed by atoms with Crippen LogP contribution in [0.3, 0.4) is 0 Å². The molecule has 0 amide bonds. The van der Waals surface area contributed by atoms with Gasteiger partial charge in [0.2, 0.25) is 0 Å². The lowest BCUT2D eigenvalue weighted by atomic mass is 10.0. The van der Waals surface area contributed by atoms with Crippen molar-refractivity contribution < 1.29 is 5.11 Å². The average Bonchev–Trinajstić information content (AvgIpc) is 2.01. The summed E-state index contributed by atoms with van der Waals surface area (Å²) in [6.45, 7) is 3.60. The zero-order valence-corrected chi connectivity index (χ0v) is 8.44. The van der Waals surface area contributed by atoms with Gasteiger partial charge in [-0.05, 0) is 47.0 Å². The molecule has 0 aliphatic heterocycles. The third-order valence-electron chi connectivity index (χ3n) is 1.79. The van der Waals surface area contributed by atoms with E-state index < -0.39 is 0 Å². The monoisotopic (exact) mass is 225 g/mol. The van der Waals surface area contributed by atoms with Crippen molar-refractivity contribution in [2.45, 2.75) is 13.8 Å². The molecule has 2 nitrogen and oxygen atoms in total. The van der Waals surface area contributed by atoms with Crippen LogP contribution in [0.2, 0.25) is 0 Å². The van der Waals surface area contributed by atoms with E-state index in [1.54, 1.807) is 19.9 Å². The standard InChI is InChI=1S/C9H8BrNO/c1-5-3-8(12)9(10)6(2)7(5)4-11/h3,12H,1-2H3. The summed E-state index contributed by atoms with van der Waals surface area (Å²) < 4.78 is 0.602. The molecule has 62 valence electrons. The molecule has 1 rings (SSSR count). The fourth-order valence-electron chi connectivity index (χ4n) is 1.11. The number of halogens is 1. The second kappa shape index (κ2) is 3.16. The Balaban J connectivity index is 3.54. The molecule has 1 N–H and O–H groups in total. The van der Waals surface area contributed by atoms with Gasteiger partial charge in [0, 0.05) is 0 Å². The van der Waals surface area contributed by atoms with E-state index in [0.29, 0.717) is 10.0 Å². The first-order chi connectivity index (χ1) is 5.57. The Labute approximate surface area is 79.6 Å². The highest BCUT2D eigenvalue weighted by Crippen LogP contribution is 2.31. The summed E-state index contributed by atoms with van der Waals surface area (Å²) in [5.74, 6) is 0.184. The smallest absolute Gasteiger partial charge is 0.130 e. The zero-order valence-electron chi connectivity index (χ0n) is 6.85. The van der Waals surface area contributed by atoms with Crippen molar-refractivity contribution >= 4 is 15.9 Å². The Hall–Kier alpha value is -1.01. The first kappa shape index (κ1) is 9.08. The topological polar surface area (TPSA) is 44.0 Å². The number of rotatable bonds is 0. The number of benzene rings is 1. The number of hydrogen-bond donors (Lipinski definition) is 1. The number of aryl methyl sites for hydroxylation is 1. The van der Waals surface area contributed by atoms with E-state index in [0.717, 1.165) is 11.1 Å². The first-order valence-corrected chi connectivity index (χ1v) is 4.26. The van der Waals surface area contributed by atoms with E-state index in [-0.39, 0.29) is 5.75 Å². The van der Waals surface area contributed by atoms with Gasteiger partial charge in [-0.1, -0.05) is 0 Å². The molecule has 0 radical (unpaired) electrons.